The van der Waals surface area contributed by atoms with Gasteiger partial charge in [0.2, 0.25) is 0 Å². The number of ether oxygens (including phenoxy) is 2. The summed E-state index contributed by atoms with van der Waals surface area (Å²) in [5, 5.41) is 20.6. The van der Waals surface area contributed by atoms with Crippen LogP contribution in [-0.4, -0.2) is 48.1 Å². The molecule has 146 valence electrons. The highest BCUT2D eigenvalue weighted by molar-refractivity contribution is 5.88. The van der Waals surface area contributed by atoms with Gasteiger partial charge in [-0.1, -0.05) is 40.0 Å². The molecule has 0 saturated heterocycles. The third-order valence-corrected chi connectivity index (χ3v) is 5.16. The van der Waals surface area contributed by atoms with E-state index in [4.69, 9.17) is 9.47 Å². The van der Waals surface area contributed by atoms with E-state index >= 15 is 0 Å². The zero-order valence-electron chi connectivity index (χ0n) is 16.0. The Labute approximate surface area is 155 Å². The molecule has 0 aliphatic heterocycles. The molecule has 1 fully saturated rings. The van der Waals surface area contributed by atoms with Gasteiger partial charge in [0, 0.05) is 11.5 Å². The maximum Gasteiger partial charge on any atom is 0.333 e. The quantitative estimate of drug-likeness (QED) is 0.407. The van der Waals surface area contributed by atoms with E-state index in [1.165, 1.54) is 7.11 Å². The lowest BCUT2D eigenvalue weighted by atomic mass is 9.58. The highest BCUT2D eigenvalue weighted by Gasteiger charge is 2.53. The van der Waals surface area contributed by atoms with Crippen LogP contribution in [0.3, 0.4) is 0 Å². The average molecular weight is 366 g/mol. The van der Waals surface area contributed by atoms with E-state index in [1.807, 2.05) is 6.92 Å². The van der Waals surface area contributed by atoms with E-state index in [-0.39, 0.29) is 18.1 Å². The van der Waals surface area contributed by atoms with Gasteiger partial charge in [-0.3, -0.25) is 4.79 Å². The molecule has 6 nitrogen and oxygen atoms in total. The molecule has 0 bridgehead atoms. The number of carbonyl (C=O) groups is 2. The molecule has 0 aromatic carbocycles. The number of esters is 2. The zero-order chi connectivity index (χ0) is 20.2. The summed E-state index contributed by atoms with van der Waals surface area (Å²) in [6.07, 6.45) is 0.0334. The molecular weight excluding hydrogens is 336 g/mol. The summed E-state index contributed by atoms with van der Waals surface area (Å²) < 4.78 is 10.3. The van der Waals surface area contributed by atoms with Crippen molar-refractivity contribution in [2.24, 2.45) is 23.2 Å². The number of hydrogen-bond acceptors (Lipinski definition) is 6. The Morgan fingerprint density at radius 2 is 1.92 bits per heavy atom. The molecule has 0 amide bonds. The second kappa shape index (κ2) is 8.64. The van der Waals surface area contributed by atoms with E-state index in [2.05, 4.69) is 19.7 Å². The summed E-state index contributed by atoms with van der Waals surface area (Å²) in [6, 6.07) is 0. The van der Waals surface area contributed by atoms with Crippen molar-refractivity contribution in [1.82, 2.24) is 0 Å². The minimum absolute atomic E-state index is 0.0170. The van der Waals surface area contributed by atoms with Crippen LogP contribution in [0.4, 0.5) is 0 Å². The lowest BCUT2D eigenvalue weighted by Crippen LogP contribution is -2.54. The Morgan fingerprint density at radius 1 is 1.35 bits per heavy atom. The van der Waals surface area contributed by atoms with Gasteiger partial charge in [0.25, 0.3) is 0 Å². The third kappa shape index (κ3) is 4.24. The number of carbonyl (C=O) groups excluding carboxylic acids is 2. The smallest absolute Gasteiger partial charge is 0.333 e. The molecule has 0 radical (unpaired) electrons. The van der Waals surface area contributed by atoms with Crippen molar-refractivity contribution in [3.8, 4) is 0 Å². The zero-order valence-corrected chi connectivity index (χ0v) is 16.0. The van der Waals surface area contributed by atoms with Crippen LogP contribution < -0.4 is 0 Å². The first-order valence-electron chi connectivity index (χ1n) is 8.61. The predicted molar refractivity (Wildman–Crippen MR) is 98.0 cm³/mol. The van der Waals surface area contributed by atoms with E-state index in [0.717, 1.165) is 0 Å². The molecule has 1 aliphatic carbocycles. The summed E-state index contributed by atoms with van der Waals surface area (Å²) in [5.41, 5.74) is -0.256. The van der Waals surface area contributed by atoms with E-state index in [9.17, 15) is 19.8 Å². The molecule has 6 heteroatoms. The molecule has 0 aromatic rings. The normalized spacial score (nSPS) is 31.2. The summed E-state index contributed by atoms with van der Waals surface area (Å²) >= 11 is 0. The fraction of sp³-hybridized carbons (Fsp3) is 0.600. The van der Waals surface area contributed by atoms with Crippen LogP contribution in [0, 0.1) is 23.2 Å². The number of aliphatic hydroxyl groups is 2. The monoisotopic (exact) mass is 366 g/mol. The first-order valence-corrected chi connectivity index (χ1v) is 8.61. The van der Waals surface area contributed by atoms with Crippen molar-refractivity contribution in [1.29, 1.82) is 0 Å². The lowest BCUT2D eigenvalue weighted by molar-refractivity contribution is -0.168. The van der Waals surface area contributed by atoms with Crippen LogP contribution >= 0.6 is 0 Å². The number of allylic oxidation sites excluding steroid dienone is 1. The molecule has 1 rings (SSSR count). The molecule has 0 aromatic heterocycles. The topological polar surface area (TPSA) is 93.1 Å². The second-order valence-electron chi connectivity index (χ2n) is 7.37. The second-order valence-corrected chi connectivity index (χ2v) is 7.37. The van der Waals surface area contributed by atoms with Crippen molar-refractivity contribution in [2.45, 2.75) is 39.4 Å². The van der Waals surface area contributed by atoms with Crippen LogP contribution in [0.1, 0.15) is 27.2 Å². The minimum atomic E-state index is -1.15. The van der Waals surface area contributed by atoms with Gasteiger partial charge in [-0.15, -0.1) is 6.58 Å². The Hall–Kier alpha value is -1.92. The number of methoxy groups -OCH3 is 1. The maximum absolute atomic E-state index is 12.2. The molecule has 5 atom stereocenters. The molecule has 2 N–H and O–H groups in total. The first kappa shape index (κ1) is 22.1. The summed E-state index contributed by atoms with van der Waals surface area (Å²) in [4.78, 5) is 24.2. The van der Waals surface area contributed by atoms with Gasteiger partial charge >= 0.3 is 11.9 Å². The molecule has 26 heavy (non-hydrogen) atoms. The summed E-state index contributed by atoms with van der Waals surface area (Å²) in [7, 11) is 1.22. The fourth-order valence-electron chi connectivity index (χ4n) is 3.62. The summed E-state index contributed by atoms with van der Waals surface area (Å²) in [6.45, 7) is 16.4. The van der Waals surface area contributed by atoms with E-state index < -0.39 is 41.4 Å². The van der Waals surface area contributed by atoms with Crippen molar-refractivity contribution in [3.05, 3.63) is 37.0 Å². The highest BCUT2D eigenvalue weighted by Crippen LogP contribution is 2.50. The first-order chi connectivity index (χ1) is 12.0. The minimum Gasteiger partial charge on any atom is -0.466 e. The van der Waals surface area contributed by atoms with Gasteiger partial charge in [-0.05, 0) is 17.4 Å². The average Bonchev–Trinajstić information content (AvgIpc) is 2.59. The molecule has 0 spiro atoms. The Balaban J connectivity index is 3.39. The molecule has 0 unspecified atom stereocenters. The van der Waals surface area contributed by atoms with Gasteiger partial charge in [0.15, 0.2) is 0 Å². The van der Waals surface area contributed by atoms with Gasteiger partial charge < -0.3 is 19.7 Å². The fourth-order valence-corrected chi connectivity index (χ4v) is 3.62. The van der Waals surface area contributed by atoms with Gasteiger partial charge in [0.1, 0.15) is 6.10 Å². The van der Waals surface area contributed by atoms with Crippen molar-refractivity contribution in [2.75, 3.05) is 13.7 Å². The Kier molecular flexibility index (Phi) is 7.35. The van der Waals surface area contributed by atoms with Crippen molar-refractivity contribution >= 4 is 11.9 Å². The largest absolute Gasteiger partial charge is 0.466 e. The van der Waals surface area contributed by atoms with Crippen LogP contribution in [0.5, 0.6) is 0 Å². The maximum atomic E-state index is 12.2. The van der Waals surface area contributed by atoms with Gasteiger partial charge in [-0.25, -0.2) is 4.79 Å². The molecule has 0 heterocycles. The molecule has 1 aliphatic rings. The standard InChI is InChI=1S/C20H30O6/c1-8-20(6)9-14(26-18(23)11(2)3)15(13(5)19(24)25-7)17(22)16(20)12(4)10-21/h8,11,14-17,21-22H,1,4-5,9-10H2,2-3,6-7H3/t14-,15-,16-,17-,20+/m1/s1. The van der Waals surface area contributed by atoms with Crippen LogP contribution in [0.2, 0.25) is 0 Å². The van der Waals surface area contributed by atoms with Crippen molar-refractivity contribution < 1.29 is 29.3 Å². The Morgan fingerprint density at radius 3 is 2.35 bits per heavy atom. The number of aliphatic hydroxyl groups excluding tert-OH is 2. The van der Waals surface area contributed by atoms with Crippen molar-refractivity contribution in [3.63, 3.8) is 0 Å². The molecule has 1 saturated carbocycles. The number of hydrogen-bond donors (Lipinski definition) is 2. The van der Waals surface area contributed by atoms with Gasteiger partial charge in [-0.2, -0.15) is 0 Å². The Bertz CT molecular complexity index is 593. The van der Waals surface area contributed by atoms with Crippen LogP contribution in [0.15, 0.2) is 37.0 Å². The molecular formula is C20H30O6. The van der Waals surface area contributed by atoms with E-state index in [1.54, 1.807) is 19.9 Å². The predicted octanol–water partition coefficient (Wildman–Crippen LogP) is 2.02. The van der Waals surface area contributed by atoms with Gasteiger partial charge in [0.05, 0.1) is 31.7 Å². The van der Waals surface area contributed by atoms with Crippen LogP contribution in [-0.2, 0) is 19.1 Å². The lowest BCUT2D eigenvalue weighted by Gasteiger charge is -2.50. The van der Waals surface area contributed by atoms with Crippen LogP contribution in [0.25, 0.3) is 0 Å². The highest BCUT2D eigenvalue weighted by atomic mass is 16.5. The third-order valence-electron chi connectivity index (χ3n) is 5.16. The van der Waals surface area contributed by atoms with E-state index in [0.29, 0.717) is 12.0 Å². The summed E-state index contributed by atoms with van der Waals surface area (Å²) in [5.74, 6) is -2.93. The SMILES string of the molecule is C=C[C@@]1(C)C[C@@H](OC(=O)C(C)C)[C@@H](C(=C)C(=O)OC)[C@@H](O)[C@H]1C(=C)CO. The number of rotatable bonds is 7.